The number of ether oxygens (including phenoxy) is 1. The molecule has 0 amide bonds. The van der Waals surface area contributed by atoms with Gasteiger partial charge < -0.3 is 4.74 Å². The molecular formula is C28H31N3O. The normalized spacial score (nSPS) is 16.8. The minimum atomic E-state index is 0.745. The lowest BCUT2D eigenvalue weighted by molar-refractivity contribution is 0.179. The van der Waals surface area contributed by atoms with E-state index in [2.05, 4.69) is 67.3 Å². The summed E-state index contributed by atoms with van der Waals surface area (Å²) in [6, 6.07) is 12.9. The van der Waals surface area contributed by atoms with Gasteiger partial charge in [0.1, 0.15) is 12.4 Å². The number of hydrogen-bond donors (Lipinski definition) is 0. The molecule has 1 saturated heterocycles. The molecule has 0 spiro atoms. The van der Waals surface area contributed by atoms with Crippen molar-refractivity contribution in [3.8, 4) is 11.1 Å². The summed E-state index contributed by atoms with van der Waals surface area (Å²) in [5, 5.41) is 1.07. The molecule has 32 heavy (non-hydrogen) atoms. The van der Waals surface area contributed by atoms with Crippen molar-refractivity contribution in [1.82, 2.24) is 14.9 Å². The molecule has 4 nitrogen and oxygen atoms in total. The predicted molar refractivity (Wildman–Crippen MR) is 131 cm³/mol. The van der Waals surface area contributed by atoms with Crippen molar-refractivity contribution in [2.24, 2.45) is 0 Å². The Morgan fingerprint density at radius 3 is 2.66 bits per heavy atom. The number of rotatable bonds is 6. The summed E-state index contributed by atoms with van der Waals surface area (Å²) in [5.74, 6) is 1.77. The topological polar surface area (TPSA) is 38.2 Å². The molecule has 0 bridgehead atoms. The highest BCUT2D eigenvalue weighted by molar-refractivity contribution is 5.86. The molecule has 2 aliphatic rings. The van der Waals surface area contributed by atoms with E-state index in [1.807, 2.05) is 6.20 Å². The first-order valence-electron chi connectivity index (χ1n) is 11.8. The molecule has 1 aliphatic heterocycles. The molecule has 0 unspecified atom stereocenters. The van der Waals surface area contributed by atoms with Crippen LogP contribution in [-0.4, -0.2) is 41.1 Å². The molecule has 4 heteroatoms. The highest BCUT2D eigenvalue weighted by atomic mass is 16.5. The number of aromatic nitrogens is 2. The van der Waals surface area contributed by atoms with Crippen LogP contribution in [0.3, 0.4) is 0 Å². The van der Waals surface area contributed by atoms with Gasteiger partial charge in [0.2, 0.25) is 0 Å². The van der Waals surface area contributed by atoms with Gasteiger partial charge in [-0.15, -0.1) is 0 Å². The van der Waals surface area contributed by atoms with Gasteiger partial charge in [-0.2, -0.15) is 0 Å². The lowest BCUT2D eigenvalue weighted by atomic mass is 9.95. The summed E-state index contributed by atoms with van der Waals surface area (Å²) in [7, 11) is 0. The summed E-state index contributed by atoms with van der Waals surface area (Å²) < 4.78 is 6.06. The number of allylic oxidation sites excluding steroid dienone is 3. The number of hydrogen-bond acceptors (Lipinski definition) is 4. The number of fused-ring (bicyclic) bond motifs is 1. The molecule has 0 N–H and O–H groups in total. The largest absolute Gasteiger partial charge is 0.493 e. The smallest absolute Gasteiger partial charge is 0.155 e. The highest BCUT2D eigenvalue weighted by Gasteiger charge is 2.14. The van der Waals surface area contributed by atoms with Crippen molar-refractivity contribution in [3.05, 3.63) is 77.5 Å². The fraction of sp³-hybridized carbons (Fsp3) is 0.357. The fourth-order valence-corrected chi connectivity index (χ4v) is 4.86. The van der Waals surface area contributed by atoms with Crippen LogP contribution in [0.25, 0.3) is 27.6 Å². The third-order valence-electron chi connectivity index (χ3n) is 6.59. The molecule has 164 valence electrons. The minimum Gasteiger partial charge on any atom is -0.493 e. The Hall–Kier alpha value is -2.98. The standard InChI is InChI=1S/C28H31N3O/c1-20-7-5-8-21(2)27(20)22-11-12-26-24(17-22)19-29-28(30-26)23-9-6-10-25(18-23)32-16-15-31-13-3-4-14-31/h5,7-8,10-12,17-19H,3-4,6,9,13-16H2,1-2H3. The van der Waals surface area contributed by atoms with Gasteiger partial charge >= 0.3 is 0 Å². The Labute approximate surface area is 190 Å². The quantitative estimate of drug-likeness (QED) is 0.479. The van der Waals surface area contributed by atoms with Crippen molar-refractivity contribution in [2.45, 2.75) is 39.5 Å². The summed E-state index contributed by atoms with van der Waals surface area (Å²) in [6.07, 6.45) is 10.8. The van der Waals surface area contributed by atoms with Crippen LogP contribution >= 0.6 is 0 Å². The van der Waals surface area contributed by atoms with Gasteiger partial charge in [-0.1, -0.05) is 24.3 Å². The Bertz CT molecular complexity index is 1170. The van der Waals surface area contributed by atoms with Gasteiger partial charge in [0.05, 0.1) is 5.52 Å². The van der Waals surface area contributed by atoms with Crippen molar-refractivity contribution in [1.29, 1.82) is 0 Å². The molecule has 2 heterocycles. The monoisotopic (exact) mass is 425 g/mol. The Morgan fingerprint density at radius 1 is 1.03 bits per heavy atom. The molecule has 3 aromatic rings. The van der Waals surface area contributed by atoms with Crippen molar-refractivity contribution >= 4 is 16.5 Å². The third-order valence-corrected chi connectivity index (χ3v) is 6.59. The van der Waals surface area contributed by atoms with Crippen LogP contribution in [0.5, 0.6) is 0 Å². The summed E-state index contributed by atoms with van der Waals surface area (Å²) in [4.78, 5) is 12.1. The molecular weight excluding hydrogens is 394 g/mol. The van der Waals surface area contributed by atoms with Gasteiger partial charge in [0.25, 0.3) is 0 Å². The maximum absolute atomic E-state index is 6.06. The number of aryl methyl sites for hydroxylation is 2. The van der Waals surface area contributed by atoms with Gasteiger partial charge in [-0.3, -0.25) is 4.90 Å². The van der Waals surface area contributed by atoms with Crippen molar-refractivity contribution in [3.63, 3.8) is 0 Å². The lowest BCUT2D eigenvalue weighted by Crippen LogP contribution is -2.23. The number of nitrogens with zero attached hydrogens (tertiary/aromatic N) is 3. The first-order chi connectivity index (χ1) is 15.7. The van der Waals surface area contributed by atoms with Crippen LogP contribution in [0.2, 0.25) is 0 Å². The molecule has 0 saturated carbocycles. The predicted octanol–water partition coefficient (Wildman–Crippen LogP) is 6.09. The highest BCUT2D eigenvalue weighted by Crippen LogP contribution is 2.30. The van der Waals surface area contributed by atoms with E-state index in [9.17, 15) is 0 Å². The Balaban J connectivity index is 1.34. The van der Waals surface area contributed by atoms with E-state index in [-0.39, 0.29) is 0 Å². The molecule has 5 rings (SSSR count). The van der Waals surface area contributed by atoms with E-state index >= 15 is 0 Å². The van der Waals surface area contributed by atoms with Crippen LogP contribution in [0, 0.1) is 13.8 Å². The zero-order valence-electron chi connectivity index (χ0n) is 19.1. The van der Waals surface area contributed by atoms with Crippen LogP contribution < -0.4 is 0 Å². The average molecular weight is 426 g/mol. The molecule has 1 aliphatic carbocycles. The maximum Gasteiger partial charge on any atom is 0.155 e. The Kier molecular flexibility index (Phi) is 6.04. The van der Waals surface area contributed by atoms with Crippen molar-refractivity contribution < 1.29 is 4.74 Å². The van der Waals surface area contributed by atoms with Gasteiger partial charge in [0, 0.05) is 23.7 Å². The number of benzene rings is 2. The molecule has 0 radical (unpaired) electrons. The lowest BCUT2D eigenvalue weighted by Gasteiger charge is -2.18. The van der Waals surface area contributed by atoms with Gasteiger partial charge in [-0.25, -0.2) is 9.97 Å². The van der Waals surface area contributed by atoms with Crippen LogP contribution in [0.1, 0.15) is 42.6 Å². The molecule has 1 fully saturated rings. The second-order valence-corrected chi connectivity index (χ2v) is 8.95. The second-order valence-electron chi connectivity index (χ2n) is 8.95. The van der Waals surface area contributed by atoms with E-state index in [0.29, 0.717) is 0 Å². The third kappa shape index (κ3) is 4.46. The van der Waals surface area contributed by atoms with Crippen LogP contribution in [-0.2, 0) is 4.74 Å². The summed E-state index contributed by atoms with van der Waals surface area (Å²) in [6.45, 7) is 8.50. The summed E-state index contributed by atoms with van der Waals surface area (Å²) in [5.41, 5.74) is 7.24. The fourth-order valence-electron chi connectivity index (χ4n) is 4.86. The summed E-state index contributed by atoms with van der Waals surface area (Å²) >= 11 is 0. The number of likely N-dealkylation sites (tertiary alicyclic amines) is 1. The molecule has 2 aromatic carbocycles. The van der Waals surface area contributed by atoms with Crippen LogP contribution in [0.15, 0.2) is 60.5 Å². The SMILES string of the molecule is Cc1cccc(C)c1-c1ccc2nc(C3=CC(OCCN4CCCC4)=CCC3)ncc2c1. The first kappa shape index (κ1) is 20.9. The van der Waals surface area contributed by atoms with Gasteiger partial charge in [-0.05, 0) is 99.2 Å². The van der Waals surface area contributed by atoms with E-state index in [1.54, 1.807) is 0 Å². The van der Waals surface area contributed by atoms with E-state index in [1.165, 1.54) is 48.2 Å². The molecule has 0 atom stereocenters. The van der Waals surface area contributed by atoms with E-state index in [4.69, 9.17) is 14.7 Å². The average Bonchev–Trinajstić information content (AvgIpc) is 3.32. The van der Waals surface area contributed by atoms with Crippen molar-refractivity contribution in [2.75, 3.05) is 26.2 Å². The van der Waals surface area contributed by atoms with Gasteiger partial charge in [0.15, 0.2) is 5.82 Å². The van der Waals surface area contributed by atoms with Crippen LogP contribution in [0.4, 0.5) is 0 Å². The van der Waals surface area contributed by atoms with E-state index in [0.717, 1.165) is 54.1 Å². The maximum atomic E-state index is 6.06. The minimum absolute atomic E-state index is 0.745. The second kappa shape index (κ2) is 9.25. The Morgan fingerprint density at radius 2 is 1.84 bits per heavy atom. The van der Waals surface area contributed by atoms with E-state index < -0.39 is 0 Å². The zero-order valence-corrected chi connectivity index (χ0v) is 19.1. The molecule has 1 aromatic heterocycles. The first-order valence-corrected chi connectivity index (χ1v) is 11.8. The zero-order chi connectivity index (χ0) is 21.9.